The van der Waals surface area contributed by atoms with E-state index in [2.05, 4.69) is 21.2 Å². The van der Waals surface area contributed by atoms with Crippen molar-refractivity contribution in [2.45, 2.75) is 37.6 Å². The average molecular weight is 326 g/mol. The number of carbonyl (C=O) groups excluding carboxylic acids is 1. The molecule has 1 aliphatic rings. The van der Waals surface area contributed by atoms with Gasteiger partial charge < -0.3 is 10.4 Å². The van der Waals surface area contributed by atoms with Crippen LogP contribution in [0.4, 0.5) is 0 Å². The van der Waals surface area contributed by atoms with Crippen LogP contribution in [0.5, 0.6) is 0 Å². The molecule has 19 heavy (non-hydrogen) atoms. The third-order valence-electron chi connectivity index (χ3n) is 3.47. The van der Waals surface area contributed by atoms with Gasteiger partial charge in [0.25, 0.3) is 0 Å². The minimum Gasteiger partial charge on any atom is -0.480 e. The Morgan fingerprint density at radius 3 is 2.42 bits per heavy atom. The van der Waals surface area contributed by atoms with Crippen molar-refractivity contribution in [1.29, 1.82) is 0 Å². The van der Waals surface area contributed by atoms with Crippen LogP contribution in [-0.4, -0.2) is 22.5 Å². The van der Waals surface area contributed by atoms with Crippen molar-refractivity contribution >= 4 is 27.8 Å². The van der Waals surface area contributed by atoms with E-state index in [1.807, 2.05) is 31.2 Å². The van der Waals surface area contributed by atoms with E-state index in [-0.39, 0.29) is 11.8 Å². The molecule has 5 heteroatoms. The van der Waals surface area contributed by atoms with E-state index in [4.69, 9.17) is 5.11 Å². The number of halogens is 1. The lowest BCUT2D eigenvalue weighted by atomic mass is 9.97. The van der Waals surface area contributed by atoms with Gasteiger partial charge in [0, 0.05) is 10.9 Å². The molecule has 2 N–H and O–H groups in total. The van der Waals surface area contributed by atoms with E-state index in [1.165, 1.54) is 0 Å². The van der Waals surface area contributed by atoms with Crippen LogP contribution in [0.3, 0.4) is 0 Å². The smallest absolute Gasteiger partial charge is 0.329 e. The molecule has 0 aromatic heterocycles. The summed E-state index contributed by atoms with van der Waals surface area (Å²) in [5, 5.41) is 11.6. The highest BCUT2D eigenvalue weighted by Crippen LogP contribution is 2.36. The molecule has 1 aromatic rings. The topological polar surface area (TPSA) is 66.4 Å². The van der Waals surface area contributed by atoms with Crippen LogP contribution in [0.1, 0.15) is 37.7 Å². The van der Waals surface area contributed by atoms with Gasteiger partial charge in [-0.1, -0.05) is 35.0 Å². The number of aliphatic carboxylic acids is 1. The number of benzene rings is 1. The van der Waals surface area contributed by atoms with Crippen LogP contribution in [0.25, 0.3) is 0 Å². The van der Waals surface area contributed by atoms with Gasteiger partial charge in [0.2, 0.25) is 5.91 Å². The largest absolute Gasteiger partial charge is 0.480 e. The van der Waals surface area contributed by atoms with E-state index in [0.29, 0.717) is 19.3 Å². The Balaban J connectivity index is 1.92. The molecule has 1 amide bonds. The first-order chi connectivity index (χ1) is 8.93. The fourth-order valence-corrected chi connectivity index (χ4v) is 2.29. The summed E-state index contributed by atoms with van der Waals surface area (Å²) in [5.41, 5.74) is 0.0785. The van der Waals surface area contributed by atoms with E-state index in [1.54, 1.807) is 0 Å². The van der Waals surface area contributed by atoms with E-state index >= 15 is 0 Å². The van der Waals surface area contributed by atoms with Gasteiger partial charge in [-0.15, -0.1) is 0 Å². The monoisotopic (exact) mass is 325 g/mol. The number of rotatable bonds is 5. The fourth-order valence-electron chi connectivity index (χ4n) is 2.02. The van der Waals surface area contributed by atoms with Crippen molar-refractivity contribution in [3.05, 3.63) is 34.3 Å². The predicted molar refractivity (Wildman–Crippen MR) is 74.9 cm³/mol. The molecule has 0 saturated heterocycles. The van der Waals surface area contributed by atoms with Gasteiger partial charge in [-0.2, -0.15) is 0 Å². The third-order valence-corrected chi connectivity index (χ3v) is 4.00. The predicted octanol–water partition coefficient (Wildman–Crippen LogP) is 2.68. The Labute approximate surface area is 120 Å². The molecule has 1 unspecified atom stereocenters. The molecule has 0 radical (unpaired) electrons. The van der Waals surface area contributed by atoms with Crippen LogP contribution < -0.4 is 5.32 Å². The van der Waals surface area contributed by atoms with E-state index in [0.717, 1.165) is 10.0 Å². The minimum atomic E-state index is -0.990. The van der Waals surface area contributed by atoms with Gasteiger partial charge in [0.15, 0.2) is 0 Å². The molecule has 1 fully saturated rings. The lowest BCUT2D eigenvalue weighted by Gasteiger charge is -2.15. The van der Waals surface area contributed by atoms with Gasteiger partial charge in [0.05, 0.1) is 0 Å². The van der Waals surface area contributed by atoms with Gasteiger partial charge in [-0.25, -0.2) is 4.79 Å². The quantitative estimate of drug-likeness (QED) is 0.874. The zero-order valence-electron chi connectivity index (χ0n) is 10.6. The summed E-state index contributed by atoms with van der Waals surface area (Å²) < 4.78 is 0.996. The van der Waals surface area contributed by atoms with Crippen molar-refractivity contribution in [2.75, 3.05) is 0 Å². The van der Waals surface area contributed by atoms with Gasteiger partial charge in [-0.05, 0) is 36.5 Å². The number of carboxylic acid groups (broad SMARTS) is 1. The summed E-state index contributed by atoms with van der Waals surface area (Å²) >= 11 is 3.36. The zero-order chi connectivity index (χ0) is 14.0. The first-order valence-corrected chi connectivity index (χ1v) is 7.02. The summed E-state index contributed by atoms with van der Waals surface area (Å²) in [6.07, 6.45) is 1.36. The number of nitrogens with one attached hydrogen (secondary N) is 1. The van der Waals surface area contributed by atoms with Gasteiger partial charge >= 0.3 is 5.97 Å². The van der Waals surface area contributed by atoms with Crippen LogP contribution in [0.15, 0.2) is 28.7 Å². The van der Waals surface area contributed by atoms with Crippen LogP contribution >= 0.6 is 15.9 Å². The highest BCUT2D eigenvalue weighted by atomic mass is 79.9. The fraction of sp³-hybridized carbons (Fsp3) is 0.429. The third kappa shape index (κ3) is 3.35. The Morgan fingerprint density at radius 1 is 1.37 bits per heavy atom. The van der Waals surface area contributed by atoms with Crippen LogP contribution in [0.2, 0.25) is 0 Å². The number of hydrogen-bond donors (Lipinski definition) is 2. The standard InChI is InChI=1S/C14H16BrNO3/c1-9(10-2-4-11(15)5-3-10)8-12(17)16-14(6-7-14)13(18)19/h2-5,9H,6-8H2,1H3,(H,16,17)(H,18,19). The number of carboxylic acids is 1. The second kappa shape index (κ2) is 5.33. The zero-order valence-corrected chi connectivity index (χ0v) is 12.2. The molecule has 102 valence electrons. The Hall–Kier alpha value is -1.36. The summed E-state index contributed by atoms with van der Waals surface area (Å²) in [5.74, 6) is -1.06. The molecule has 0 aliphatic heterocycles. The van der Waals surface area contributed by atoms with Crippen molar-refractivity contribution in [3.63, 3.8) is 0 Å². The van der Waals surface area contributed by atoms with E-state index < -0.39 is 11.5 Å². The summed E-state index contributed by atoms with van der Waals surface area (Å²) in [7, 11) is 0. The molecule has 1 saturated carbocycles. The molecule has 0 spiro atoms. The van der Waals surface area contributed by atoms with Gasteiger partial charge in [-0.3, -0.25) is 4.79 Å². The number of hydrogen-bond acceptors (Lipinski definition) is 2. The Morgan fingerprint density at radius 2 is 1.95 bits per heavy atom. The van der Waals surface area contributed by atoms with Gasteiger partial charge in [0.1, 0.15) is 5.54 Å². The van der Waals surface area contributed by atoms with Crippen molar-refractivity contribution < 1.29 is 14.7 Å². The second-order valence-corrected chi connectivity index (χ2v) is 6.01. The molecule has 2 rings (SSSR count). The normalized spacial score (nSPS) is 17.6. The first-order valence-electron chi connectivity index (χ1n) is 6.23. The molecular formula is C14H16BrNO3. The Bertz CT molecular complexity index is 494. The Kier molecular flexibility index (Phi) is 3.94. The van der Waals surface area contributed by atoms with Crippen molar-refractivity contribution in [2.24, 2.45) is 0 Å². The van der Waals surface area contributed by atoms with E-state index in [9.17, 15) is 9.59 Å². The molecule has 4 nitrogen and oxygen atoms in total. The van der Waals surface area contributed by atoms with Crippen molar-refractivity contribution in [1.82, 2.24) is 5.32 Å². The molecule has 1 atom stereocenters. The number of carbonyl (C=O) groups is 2. The lowest BCUT2D eigenvalue weighted by molar-refractivity contribution is -0.143. The molecule has 1 aliphatic carbocycles. The number of amides is 1. The SMILES string of the molecule is CC(CC(=O)NC1(C(=O)O)CC1)c1ccc(Br)cc1. The highest BCUT2D eigenvalue weighted by molar-refractivity contribution is 9.10. The van der Waals surface area contributed by atoms with Crippen molar-refractivity contribution in [3.8, 4) is 0 Å². The molecule has 1 aromatic carbocycles. The average Bonchev–Trinajstić information content (AvgIpc) is 3.10. The summed E-state index contributed by atoms with van der Waals surface area (Å²) in [4.78, 5) is 22.9. The lowest BCUT2D eigenvalue weighted by Crippen LogP contribution is -2.43. The maximum Gasteiger partial charge on any atom is 0.329 e. The molecule has 0 bridgehead atoms. The maximum atomic E-state index is 11.9. The molecule has 0 heterocycles. The maximum absolute atomic E-state index is 11.9. The molecular weight excluding hydrogens is 310 g/mol. The van der Waals surface area contributed by atoms with Crippen LogP contribution in [-0.2, 0) is 9.59 Å². The summed E-state index contributed by atoms with van der Waals surface area (Å²) in [6.45, 7) is 1.96. The van der Waals surface area contributed by atoms with Crippen LogP contribution in [0, 0.1) is 0 Å². The first kappa shape index (κ1) is 14.1. The summed E-state index contributed by atoms with van der Waals surface area (Å²) in [6, 6.07) is 7.80. The highest BCUT2D eigenvalue weighted by Gasteiger charge is 2.51. The second-order valence-electron chi connectivity index (χ2n) is 5.09. The minimum absolute atomic E-state index is 0.0673.